The van der Waals surface area contributed by atoms with Gasteiger partial charge in [-0.05, 0) is 39.0 Å². The van der Waals surface area contributed by atoms with Gasteiger partial charge in [-0.15, -0.1) is 0 Å². The lowest BCUT2D eigenvalue weighted by molar-refractivity contribution is 0.455. The van der Waals surface area contributed by atoms with Crippen molar-refractivity contribution >= 4 is 11.8 Å². The Hall–Kier alpha value is -0.550. The highest BCUT2D eigenvalue weighted by atomic mass is 32.2. The lowest BCUT2D eigenvalue weighted by Gasteiger charge is -2.19. The summed E-state index contributed by atoms with van der Waals surface area (Å²) >= 11 is 1.99. The first-order valence-corrected chi connectivity index (χ1v) is 8.06. The molecule has 1 atom stereocenters. The zero-order valence-electron chi connectivity index (χ0n) is 12.0. The average Bonchev–Trinajstić information content (AvgIpc) is 2.82. The monoisotopic (exact) mass is 270 g/mol. The smallest absolute Gasteiger partial charge is 0.145 e. The summed E-state index contributed by atoms with van der Waals surface area (Å²) in [5.41, 5.74) is 0. The van der Waals surface area contributed by atoms with Gasteiger partial charge in [0, 0.05) is 11.8 Å². The molecule has 0 saturated heterocycles. The van der Waals surface area contributed by atoms with Crippen LogP contribution in [0.4, 0.5) is 0 Å². The number of hydrogen-bond acceptors (Lipinski definition) is 4. The van der Waals surface area contributed by atoms with Crippen LogP contribution in [0.1, 0.15) is 58.4 Å². The normalized spacial score (nSPS) is 13.2. The van der Waals surface area contributed by atoms with E-state index in [1.54, 1.807) is 6.33 Å². The quantitative estimate of drug-likeness (QED) is 0.700. The fourth-order valence-electron chi connectivity index (χ4n) is 1.80. The van der Waals surface area contributed by atoms with Crippen molar-refractivity contribution < 1.29 is 0 Å². The molecule has 0 saturated carbocycles. The Kier molecular flexibility index (Phi) is 7.35. The van der Waals surface area contributed by atoms with E-state index >= 15 is 0 Å². The zero-order chi connectivity index (χ0) is 13.4. The highest BCUT2D eigenvalue weighted by molar-refractivity contribution is 7.99. The highest BCUT2D eigenvalue weighted by Gasteiger charge is 2.18. The van der Waals surface area contributed by atoms with Gasteiger partial charge in [0.2, 0.25) is 0 Å². The summed E-state index contributed by atoms with van der Waals surface area (Å²) in [5.74, 6) is 3.35. The third-order valence-corrected chi connectivity index (χ3v) is 3.94. The summed E-state index contributed by atoms with van der Waals surface area (Å²) in [4.78, 5) is 4.45. The highest BCUT2D eigenvalue weighted by Crippen LogP contribution is 2.19. The van der Waals surface area contributed by atoms with Crippen LogP contribution in [0, 0.1) is 0 Å². The molecule has 0 fully saturated rings. The van der Waals surface area contributed by atoms with Gasteiger partial charge in [0.15, 0.2) is 0 Å². The Morgan fingerprint density at radius 1 is 1.33 bits per heavy atom. The molecule has 1 heterocycles. The molecule has 1 rings (SSSR count). The average molecular weight is 270 g/mol. The van der Waals surface area contributed by atoms with Gasteiger partial charge in [0.05, 0.1) is 6.04 Å². The van der Waals surface area contributed by atoms with Gasteiger partial charge in [0.1, 0.15) is 12.2 Å². The largest absolute Gasteiger partial charge is 0.307 e. The third kappa shape index (κ3) is 4.61. The van der Waals surface area contributed by atoms with Crippen LogP contribution in [0.15, 0.2) is 6.33 Å². The fourth-order valence-corrected chi connectivity index (χ4v) is 2.75. The van der Waals surface area contributed by atoms with Crippen LogP contribution in [0.5, 0.6) is 0 Å². The Bertz CT molecular complexity index is 325. The van der Waals surface area contributed by atoms with Crippen molar-refractivity contribution in [3.63, 3.8) is 0 Å². The maximum atomic E-state index is 4.45. The maximum Gasteiger partial charge on any atom is 0.145 e. The van der Waals surface area contributed by atoms with Crippen molar-refractivity contribution in [2.45, 2.75) is 52.6 Å². The Morgan fingerprint density at radius 3 is 2.72 bits per heavy atom. The summed E-state index contributed by atoms with van der Waals surface area (Å²) in [6, 6.07) is 0.677. The first-order valence-electron chi connectivity index (χ1n) is 6.91. The fraction of sp³-hybridized carbons (Fsp3) is 0.846. The molecule has 0 aliphatic carbocycles. The summed E-state index contributed by atoms with van der Waals surface area (Å²) in [7, 11) is 0. The molecule has 0 aromatic carbocycles. The van der Waals surface area contributed by atoms with Crippen molar-refractivity contribution in [3.8, 4) is 0 Å². The molecular weight excluding hydrogens is 244 g/mol. The van der Waals surface area contributed by atoms with Crippen LogP contribution in [-0.2, 0) is 0 Å². The first kappa shape index (κ1) is 15.5. The predicted molar refractivity (Wildman–Crippen MR) is 79.1 cm³/mol. The molecular formula is C13H26N4S. The number of nitrogens with zero attached hydrogens (tertiary/aromatic N) is 3. The molecule has 18 heavy (non-hydrogen) atoms. The van der Waals surface area contributed by atoms with E-state index in [-0.39, 0.29) is 0 Å². The molecule has 5 heteroatoms. The van der Waals surface area contributed by atoms with E-state index in [9.17, 15) is 0 Å². The van der Waals surface area contributed by atoms with Gasteiger partial charge >= 0.3 is 0 Å². The molecule has 0 amide bonds. The van der Waals surface area contributed by atoms with Gasteiger partial charge < -0.3 is 5.32 Å². The van der Waals surface area contributed by atoms with Crippen LogP contribution in [0.2, 0.25) is 0 Å². The number of aromatic nitrogens is 3. The number of nitrogens with one attached hydrogen (secondary N) is 1. The van der Waals surface area contributed by atoms with E-state index in [2.05, 4.69) is 43.1 Å². The lowest BCUT2D eigenvalue weighted by atomic mass is 10.2. The molecule has 0 spiro atoms. The van der Waals surface area contributed by atoms with Gasteiger partial charge in [-0.3, -0.25) is 0 Å². The van der Waals surface area contributed by atoms with Crippen molar-refractivity contribution in [2.24, 2.45) is 0 Å². The number of rotatable bonds is 9. The van der Waals surface area contributed by atoms with Crippen LogP contribution < -0.4 is 5.32 Å². The number of hydrogen-bond donors (Lipinski definition) is 1. The molecule has 0 aliphatic heterocycles. The summed E-state index contributed by atoms with van der Waals surface area (Å²) < 4.78 is 2.03. The molecule has 0 radical (unpaired) electrons. The molecule has 104 valence electrons. The molecule has 0 bridgehead atoms. The van der Waals surface area contributed by atoms with Crippen molar-refractivity contribution in [3.05, 3.63) is 12.2 Å². The Balaban J connectivity index is 2.70. The van der Waals surface area contributed by atoms with Crippen LogP contribution in [0.3, 0.4) is 0 Å². The lowest BCUT2D eigenvalue weighted by Crippen LogP contribution is -2.28. The van der Waals surface area contributed by atoms with Gasteiger partial charge in [-0.25, -0.2) is 9.67 Å². The topological polar surface area (TPSA) is 42.7 Å². The minimum absolute atomic E-state index is 0.311. The van der Waals surface area contributed by atoms with Crippen LogP contribution in [-0.4, -0.2) is 32.8 Å². The first-order chi connectivity index (χ1) is 8.70. The van der Waals surface area contributed by atoms with E-state index in [1.807, 2.05) is 16.4 Å². The summed E-state index contributed by atoms with van der Waals surface area (Å²) in [5, 5.41) is 7.91. The second-order valence-corrected chi connectivity index (χ2v) is 5.89. The second-order valence-electron chi connectivity index (χ2n) is 4.74. The molecule has 0 aliphatic rings. The van der Waals surface area contributed by atoms with Crippen LogP contribution in [0.25, 0.3) is 0 Å². The minimum atomic E-state index is 0.311. The van der Waals surface area contributed by atoms with Crippen LogP contribution >= 0.6 is 11.8 Å². The summed E-state index contributed by atoms with van der Waals surface area (Å²) in [6.45, 7) is 9.74. The van der Waals surface area contributed by atoms with E-state index in [0.717, 1.165) is 24.5 Å². The molecule has 1 aromatic rings. The SMILES string of the molecule is CCCNC(CSCCC)c1ncnn1C(C)C. The minimum Gasteiger partial charge on any atom is -0.307 e. The molecule has 1 aromatic heterocycles. The molecule has 1 unspecified atom stereocenters. The standard InChI is InChI=1S/C13H26N4S/c1-5-7-14-12(9-18-8-6-2)13-15-10-16-17(13)11(3)4/h10-12,14H,5-9H2,1-4H3. The Morgan fingerprint density at radius 2 is 2.11 bits per heavy atom. The molecule has 1 N–H and O–H groups in total. The third-order valence-electron chi connectivity index (χ3n) is 2.68. The zero-order valence-corrected chi connectivity index (χ0v) is 12.8. The summed E-state index contributed by atoms with van der Waals surface area (Å²) in [6.07, 6.45) is 4.03. The second kappa shape index (κ2) is 8.53. The van der Waals surface area contributed by atoms with E-state index in [1.165, 1.54) is 12.2 Å². The van der Waals surface area contributed by atoms with Gasteiger partial charge in [0.25, 0.3) is 0 Å². The number of thioether (sulfide) groups is 1. The van der Waals surface area contributed by atoms with Crippen molar-refractivity contribution in [1.82, 2.24) is 20.1 Å². The van der Waals surface area contributed by atoms with E-state index in [0.29, 0.717) is 12.1 Å². The van der Waals surface area contributed by atoms with E-state index < -0.39 is 0 Å². The van der Waals surface area contributed by atoms with Gasteiger partial charge in [-0.1, -0.05) is 13.8 Å². The van der Waals surface area contributed by atoms with Gasteiger partial charge in [-0.2, -0.15) is 16.9 Å². The van der Waals surface area contributed by atoms with Crippen molar-refractivity contribution in [1.29, 1.82) is 0 Å². The predicted octanol–water partition coefficient (Wildman–Crippen LogP) is 3.04. The maximum absolute atomic E-state index is 4.45. The molecule has 4 nitrogen and oxygen atoms in total. The Labute approximate surface area is 115 Å². The van der Waals surface area contributed by atoms with Crippen molar-refractivity contribution in [2.75, 3.05) is 18.1 Å². The van der Waals surface area contributed by atoms with E-state index in [4.69, 9.17) is 0 Å².